The van der Waals surface area contributed by atoms with E-state index in [0.717, 1.165) is 0 Å². The van der Waals surface area contributed by atoms with Crippen molar-refractivity contribution in [3.8, 4) is 5.88 Å². The highest BCUT2D eigenvalue weighted by atomic mass is 16.5. The van der Waals surface area contributed by atoms with Gasteiger partial charge in [0.25, 0.3) is 5.88 Å². The van der Waals surface area contributed by atoms with Crippen molar-refractivity contribution in [2.45, 2.75) is 0 Å². The Balaban J connectivity index is 2.30. The first-order valence-electron chi connectivity index (χ1n) is 2.66. The molecule has 4 nitrogen and oxygen atoms in total. The average Bonchev–Trinajstić information content (AvgIpc) is 2.34. The first-order chi connectivity index (χ1) is 4.43. The monoisotopic (exact) mass is 128 g/mol. The van der Waals surface area contributed by atoms with Crippen LogP contribution in [0.15, 0.2) is 16.9 Å². The molecule has 0 aliphatic carbocycles. The van der Waals surface area contributed by atoms with Gasteiger partial charge in [0.2, 0.25) is 0 Å². The summed E-state index contributed by atoms with van der Waals surface area (Å²) in [6.45, 7) is 0.972. The van der Waals surface area contributed by atoms with E-state index in [-0.39, 0.29) is 0 Å². The Kier molecular flexibility index (Phi) is 2.09. The first kappa shape index (κ1) is 6.10. The molecule has 0 amide bonds. The molecular weight excluding hydrogens is 120 g/mol. The summed E-state index contributed by atoms with van der Waals surface area (Å²) in [5, 5.41) is 3.50. The van der Waals surface area contributed by atoms with Gasteiger partial charge in [0, 0.05) is 12.6 Å². The molecule has 0 spiro atoms. The maximum absolute atomic E-state index is 5.16. The summed E-state index contributed by atoms with van der Waals surface area (Å²) in [6.07, 6.45) is 1.45. The van der Waals surface area contributed by atoms with E-state index in [9.17, 15) is 0 Å². The van der Waals surface area contributed by atoms with E-state index in [1.807, 2.05) is 0 Å². The number of rotatable bonds is 3. The molecule has 4 heteroatoms. The van der Waals surface area contributed by atoms with Crippen molar-refractivity contribution >= 4 is 0 Å². The molecule has 0 aromatic carbocycles. The molecule has 1 aromatic heterocycles. The van der Waals surface area contributed by atoms with E-state index in [1.165, 1.54) is 6.26 Å². The number of ether oxygens (including phenoxy) is 1. The Morgan fingerprint density at radius 1 is 1.78 bits per heavy atom. The largest absolute Gasteiger partial charge is 0.474 e. The molecule has 1 aromatic rings. The molecule has 9 heavy (non-hydrogen) atoms. The second-order valence-electron chi connectivity index (χ2n) is 1.47. The number of hydrogen-bond acceptors (Lipinski definition) is 4. The van der Waals surface area contributed by atoms with Gasteiger partial charge in [0.1, 0.15) is 12.9 Å². The molecule has 0 bridgehead atoms. The van der Waals surface area contributed by atoms with E-state index >= 15 is 0 Å². The quantitative estimate of drug-likeness (QED) is 0.623. The molecule has 0 aliphatic rings. The van der Waals surface area contributed by atoms with Crippen LogP contribution in [0, 0.1) is 0 Å². The predicted octanol–water partition coefficient (Wildman–Crippen LogP) is 0.0121. The van der Waals surface area contributed by atoms with Gasteiger partial charge < -0.3 is 15.0 Å². The fraction of sp³-hybridized carbons (Fsp3) is 0.400. The molecule has 0 aliphatic heterocycles. The fourth-order valence-corrected chi connectivity index (χ4v) is 0.439. The van der Waals surface area contributed by atoms with Gasteiger partial charge in [-0.15, -0.1) is 0 Å². The Morgan fingerprint density at radius 3 is 3.22 bits per heavy atom. The molecule has 0 unspecified atom stereocenters. The lowest BCUT2D eigenvalue weighted by atomic mass is 10.7. The topological polar surface area (TPSA) is 61.3 Å². The molecule has 50 valence electrons. The molecular formula is C5H8N2O2. The summed E-state index contributed by atoms with van der Waals surface area (Å²) in [7, 11) is 0. The van der Waals surface area contributed by atoms with Crippen molar-refractivity contribution in [1.29, 1.82) is 0 Å². The second-order valence-corrected chi connectivity index (χ2v) is 1.47. The van der Waals surface area contributed by atoms with Crippen molar-refractivity contribution < 1.29 is 9.26 Å². The predicted molar refractivity (Wildman–Crippen MR) is 31.1 cm³/mol. The second kappa shape index (κ2) is 3.09. The third-order valence-corrected chi connectivity index (χ3v) is 0.782. The SMILES string of the molecule is NCCOc1ccon1. The highest BCUT2D eigenvalue weighted by molar-refractivity contribution is 5.01. The van der Waals surface area contributed by atoms with Crippen LogP contribution in [0.25, 0.3) is 0 Å². The zero-order chi connectivity index (χ0) is 6.53. The smallest absolute Gasteiger partial charge is 0.254 e. The third-order valence-electron chi connectivity index (χ3n) is 0.782. The molecule has 0 radical (unpaired) electrons. The summed E-state index contributed by atoms with van der Waals surface area (Å²) in [4.78, 5) is 0. The van der Waals surface area contributed by atoms with Crippen LogP contribution in [0.3, 0.4) is 0 Å². The molecule has 1 rings (SSSR count). The Morgan fingerprint density at radius 2 is 2.67 bits per heavy atom. The Hall–Kier alpha value is -1.03. The minimum Gasteiger partial charge on any atom is -0.474 e. The fourth-order valence-electron chi connectivity index (χ4n) is 0.439. The van der Waals surface area contributed by atoms with E-state index < -0.39 is 0 Å². The molecule has 0 saturated carbocycles. The highest BCUT2D eigenvalue weighted by Gasteiger charge is 1.92. The van der Waals surface area contributed by atoms with E-state index in [2.05, 4.69) is 9.68 Å². The average molecular weight is 128 g/mol. The van der Waals surface area contributed by atoms with Gasteiger partial charge in [0.05, 0.1) is 0 Å². The van der Waals surface area contributed by atoms with Gasteiger partial charge in [-0.1, -0.05) is 0 Å². The number of aromatic nitrogens is 1. The van der Waals surface area contributed by atoms with Crippen molar-refractivity contribution in [3.05, 3.63) is 12.3 Å². The van der Waals surface area contributed by atoms with Crippen molar-refractivity contribution in [3.63, 3.8) is 0 Å². The van der Waals surface area contributed by atoms with Crippen LogP contribution in [0.4, 0.5) is 0 Å². The molecule has 1 heterocycles. The zero-order valence-electron chi connectivity index (χ0n) is 4.91. The summed E-state index contributed by atoms with van der Waals surface area (Å²) in [5.41, 5.74) is 5.16. The summed E-state index contributed by atoms with van der Waals surface area (Å²) < 4.78 is 9.46. The molecule has 2 N–H and O–H groups in total. The minimum atomic E-state index is 0.479. The minimum absolute atomic E-state index is 0.479. The van der Waals surface area contributed by atoms with Gasteiger partial charge >= 0.3 is 0 Å². The summed E-state index contributed by atoms with van der Waals surface area (Å²) >= 11 is 0. The van der Waals surface area contributed by atoms with Crippen molar-refractivity contribution in [2.75, 3.05) is 13.2 Å². The first-order valence-corrected chi connectivity index (χ1v) is 2.66. The van der Waals surface area contributed by atoms with E-state index in [4.69, 9.17) is 10.5 Å². The van der Waals surface area contributed by atoms with Gasteiger partial charge in [-0.2, -0.15) is 0 Å². The normalized spacial score (nSPS) is 9.44. The Bertz CT molecular complexity index is 150. The van der Waals surface area contributed by atoms with Crippen LogP contribution in [0.5, 0.6) is 5.88 Å². The lowest BCUT2D eigenvalue weighted by molar-refractivity contribution is 0.287. The van der Waals surface area contributed by atoms with Crippen LogP contribution in [-0.4, -0.2) is 18.3 Å². The Labute approximate surface area is 52.6 Å². The van der Waals surface area contributed by atoms with E-state index in [0.29, 0.717) is 19.0 Å². The maximum Gasteiger partial charge on any atom is 0.254 e. The van der Waals surface area contributed by atoms with Gasteiger partial charge in [-0.25, -0.2) is 0 Å². The third kappa shape index (κ3) is 1.73. The number of hydrogen-bond donors (Lipinski definition) is 1. The summed E-state index contributed by atoms with van der Waals surface area (Å²) in [5.74, 6) is 0.487. The lowest BCUT2D eigenvalue weighted by Crippen LogP contribution is -2.10. The van der Waals surface area contributed by atoms with Gasteiger partial charge in [-0.3, -0.25) is 0 Å². The zero-order valence-corrected chi connectivity index (χ0v) is 4.91. The van der Waals surface area contributed by atoms with Crippen LogP contribution in [0.1, 0.15) is 0 Å². The summed E-state index contributed by atoms with van der Waals surface area (Å²) in [6, 6.07) is 1.63. The van der Waals surface area contributed by atoms with Crippen molar-refractivity contribution in [1.82, 2.24) is 5.16 Å². The van der Waals surface area contributed by atoms with Crippen LogP contribution in [-0.2, 0) is 0 Å². The van der Waals surface area contributed by atoms with Gasteiger partial charge in [-0.05, 0) is 5.16 Å². The van der Waals surface area contributed by atoms with E-state index in [1.54, 1.807) is 6.07 Å². The highest BCUT2D eigenvalue weighted by Crippen LogP contribution is 2.02. The van der Waals surface area contributed by atoms with Crippen LogP contribution >= 0.6 is 0 Å². The standard InChI is InChI=1S/C5H8N2O2/c6-2-4-8-5-1-3-9-7-5/h1,3H,2,4,6H2. The molecule has 0 fully saturated rings. The van der Waals surface area contributed by atoms with Crippen LogP contribution < -0.4 is 10.5 Å². The lowest BCUT2D eigenvalue weighted by Gasteiger charge is -1.95. The van der Waals surface area contributed by atoms with Crippen molar-refractivity contribution in [2.24, 2.45) is 5.73 Å². The number of nitrogens with two attached hydrogens (primary N) is 1. The number of nitrogens with zero attached hydrogens (tertiary/aromatic N) is 1. The van der Waals surface area contributed by atoms with Crippen LogP contribution in [0.2, 0.25) is 0 Å². The maximum atomic E-state index is 5.16. The van der Waals surface area contributed by atoms with Gasteiger partial charge in [0.15, 0.2) is 0 Å². The molecule has 0 atom stereocenters. The molecule has 0 saturated heterocycles.